The summed E-state index contributed by atoms with van der Waals surface area (Å²) < 4.78 is 8.48. The molecule has 2 aromatic carbocycles. The summed E-state index contributed by atoms with van der Waals surface area (Å²) in [5.41, 5.74) is 3.05. The molecular formula is C27H23AsN5O2S. The number of pyridine rings is 1. The number of aromatic nitrogens is 3. The Kier molecular flexibility index (Phi) is 6.07. The van der Waals surface area contributed by atoms with Crippen LogP contribution >= 0.6 is 11.3 Å². The number of thiophene rings is 1. The van der Waals surface area contributed by atoms with E-state index in [0.29, 0.717) is 17.1 Å². The third-order valence-corrected chi connectivity index (χ3v) is 9.53. The van der Waals surface area contributed by atoms with Crippen LogP contribution in [0, 0.1) is 6.92 Å². The number of anilines is 2. The van der Waals surface area contributed by atoms with E-state index in [2.05, 4.69) is 38.8 Å². The molecule has 0 saturated heterocycles. The van der Waals surface area contributed by atoms with Crippen LogP contribution < -0.4 is 24.2 Å². The number of nitrogens with one attached hydrogen (secondary N) is 2. The van der Waals surface area contributed by atoms with Gasteiger partial charge in [0.15, 0.2) is 0 Å². The third-order valence-electron chi connectivity index (χ3n) is 6.20. The summed E-state index contributed by atoms with van der Waals surface area (Å²) in [5, 5.41) is 10.5. The molecular weight excluding hydrogens is 533 g/mol. The van der Waals surface area contributed by atoms with Gasteiger partial charge in [0.25, 0.3) is 0 Å². The molecule has 1 saturated carbocycles. The number of ether oxygens (including phenoxy) is 1. The van der Waals surface area contributed by atoms with Crippen molar-refractivity contribution < 1.29 is 9.53 Å². The van der Waals surface area contributed by atoms with Crippen LogP contribution in [0.5, 0.6) is 5.75 Å². The summed E-state index contributed by atoms with van der Waals surface area (Å²) >= 11 is 1.17. The molecule has 3 heterocycles. The molecule has 7 nitrogen and oxygen atoms in total. The van der Waals surface area contributed by atoms with E-state index in [1.165, 1.54) is 22.0 Å². The number of amides is 1. The first-order valence-corrected chi connectivity index (χ1v) is 14.4. The second-order valence-corrected chi connectivity index (χ2v) is 12.0. The number of carbonyl (C=O) groups excluding carboxylic acids is 1. The number of hydrogen-bond donors (Lipinski definition) is 2. The Morgan fingerprint density at radius 3 is 2.67 bits per heavy atom. The monoisotopic (exact) mass is 556 g/mol. The van der Waals surface area contributed by atoms with Gasteiger partial charge in [-0.1, -0.05) is 0 Å². The third kappa shape index (κ3) is 4.43. The molecule has 2 N–H and O–H groups in total. The van der Waals surface area contributed by atoms with Gasteiger partial charge in [-0.05, 0) is 12.8 Å². The fraction of sp³-hybridized carbons (Fsp3) is 0.185. The van der Waals surface area contributed by atoms with Gasteiger partial charge in [0.05, 0.1) is 0 Å². The van der Waals surface area contributed by atoms with Gasteiger partial charge in [-0.2, -0.15) is 0 Å². The first kappa shape index (κ1) is 22.9. The second-order valence-electron chi connectivity index (χ2n) is 8.72. The number of fused-ring (bicyclic) bond motifs is 2. The van der Waals surface area contributed by atoms with E-state index in [1.807, 2.05) is 42.8 Å². The van der Waals surface area contributed by atoms with E-state index in [-0.39, 0.29) is 21.7 Å². The summed E-state index contributed by atoms with van der Waals surface area (Å²) in [6.07, 6.45) is 5.67. The molecule has 179 valence electrons. The van der Waals surface area contributed by atoms with E-state index in [0.717, 1.165) is 55.6 Å². The van der Waals surface area contributed by atoms with Crippen LogP contribution in [0.2, 0.25) is 0 Å². The Balaban J connectivity index is 1.32. The molecule has 0 aliphatic heterocycles. The number of carbonyl (C=O) groups is 1. The summed E-state index contributed by atoms with van der Waals surface area (Å²) in [5.74, 6) is 1.48. The van der Waals surface area contributed by atoms with Crippen LogP contribution in [0.1, 0.15) is 28.8 Å². The van der Waals surface area contributed by atoms with Gasteiger partial charge in [-0.15, -0.1) is 0 Å². The predicted molar refractivity (Wildman–Crippen MR) is 147 cm³/mol. The van der Waals surface area contributed by atoms with E-state index >= 15 is 0 Å². The van der Waals surface area contributed by atoms with Crippen LogP contribution in [-0.2, 0) is 0 Å². The summed E-state index contributed by atoms with van der Waals surface area (Å²) in [6.45, 7) is 2.01. The van der Waals surface area contributed by atoms with Crippen molar-refractivity contribution in [3.8, 4) is 5.75 Å². The Hall–Kier alpha value is -3.48. The first-order valence-electron chi connectivity index (χ1n) is 11.6. The number of rotatable bonds is 7. The molecule has 0 atom stereocenters. The van der Waals surface area contributed by atoms with E-state index in [4.69, 9.17) is 9.72 Å². The number of hydrogen-bond acceptors (Lipinski definition) is 7. The molecule has 0 unspecified atom stereocenters. The second kappa shape index (κ2) is 9.52. The van der Waals surface area contributed by atoms with E-state index in [1.54, 1.807) is 7.11 Å². The van der Waals surface area contributed by atoms with Crippen LogP contribution in [0.15, 0.2) is 60.4 Å². The minimum atomic E-state index is -0.329. The molecule has 36 heavy (non-hydrogen) atoms. The van der Waals surface area contributed by atoms with Crippen molar-refractivity contribution in [1.29, 1.82) is 0 Å². The molecule has 0 bridgehead atoms. The Morgan fingerprint density at radius 2 is 1.89 bits per heavy atom. The summed E-state index contributed by atoms with van der Waals surface area (Å²) in [4.78, 5) is 27.0. The van der Waals surface area contributed by atoms with Crippen molar-refractivity contribution in [2.24, 2.45) is 0 Å². The van der Waals surface area contributed by atoms with Crippen LogP contribution in [0.4, 0.5) is 11.5 Å². The number of methoxy groups -OCH3 is 1. The number of nitrogens with zero attached hydrogens (tertiary/aromatic N) is 3. The standard InChI is InChI=1S/C27H23AsN5O2S/c1-15-3-10-20-19(11-12-29-25(20)28-16-4-8-18(35-2)9-5-16)22(15)33-27(34)21-13-36-24-23(21)30-14-31-26(24)32-17-6-7-17/h3-5,8-14,17H,6-7H2,1-2H3,(H,33,34)(H,30,31,32). The molecule has 1 aliphatic rings. The van der Waals surface area contributed by atoms with Crippen molar-refractivity contribution in [3.05, 3.63) is 71.5 Å². The molecule has 1 radical (unpaired) electrons. The zero-order valence-electron chi connectivity index (χ0n) is 19.8. The molecule has 9 heteroatoms. The van der Waals surface area contributed by atoms with Crippen LogP contribution in [0.3, 0.4) is 0 Å². The average Bonchev–Trinajstić information content (AvgIpc) is 3.61. The number of aryl methyl sites for hydroxylation is 1. The molecule has 3 aromatic heterocycles. The van der Waals surface area contributed by atoms with E-state index in [9.17, 15) is 4.79 Å². The Morgan fingerprint density at radius 1 is 1.06 bits per heavy atom. The molecule has 1 aliphatic carbocycles. The fourth-order valence-electron chi connectivity index (χ4n) is 4.10. The normalized spacial score (nSPS) is 13.5. The predicted octanol–water partition coefficient (Wildman–Crippen LogP) is 4.04. The Labute approximate surface area is 219 Å². The zero-order valence-corrected chi connectivity index (χ0v) is 22.5. The van der Waals surface area contributed by atoms with Crippen molar-refractivity contribution in [3.63, 3.8) is 0 Å². The summed E-state index contributed by atoms with van der Waals surface area (Å²) in [7, 11) is 1.67. The van der Waals surface area contributed by atoms with Gasteiger partial charge in [-0.25, -0.2) is 0 Å². The fourth-order valence-corrected chi connectivity index (χ4v) is 7.11. The van der Waals surface area contributed by atoms with Gasteiger partial charge in [0.2, 0.25) is 0 Å². The maximum absolute atomic E-state index is 13.5. The van der Waals surface area contributed by atoms with Gasteiger partial charge in [0, 0.05) is 0 Å². The van der Waals surface area contributed by atoms with Crippen molar-refractivity contribution >= 4 is 74.3 Å². The molecule has 1 fully saturated rings. The van der Waals surface area contributed by atoms with Crippen LogP contribution in [-0.4, -0.2) is 49.8 Å². The SMILES string of the molecule is COc1ccc([As]c2nccc3c(NC(=O)c4csc5c(NC6CC6)ncnc45)c(C)ccc23)cc1. The topological polar surface area (TPSA) is 89.0 Å². The quantitative estimate of drug-likeness (QED) is 0.295. The molecule has 0 spiro atoms. The van der Waals surface area contributed by atoms with Gasteiger partial charge >= 0.3 is 207 Å². The molecule has 5 aromatic rings. The van der Waals surface area contributed by atoms with Gasteiger partial charge in [0.1, 0.15) is 0 Å². The Bertz CT molecular complexity index is 1600. The van der Waals surface area contributed by atoms with E-state index < -0.39 is 0 Å². The van der Waals surface area contributed by atoms with Gasteiger partial charge < -0.3 is 0 Å². The minimum absolute atomic E-state index is 0.172. The average molecular weight is 557 g/mol. The summed E-state index contributed by atoms with van der Waals surface area (Å²) in [6, 6.07) is 14.7. The van der Waals surface area contributed by atoms with Gasteiger partial charge in [-0.3, -0.25) is 0 Å². The molecule has 1 amide bonds. The zero-order chi connectivity index (χ0) is 24.6. The van der Waals surface area contributed by atoms with Crippen molar-refractivity contribution in [2.45, 2.75) is 25.8 Å². The van der Waals surface area contributed by atoms with Crippen molar-refractivity contribution in [1.82, 2.24) is 15.0 Å². The molecule has 6 rings (SSSR count). The first-order chi connectivity index (χ1) is 17.6. The number of benzene rings is 2. The maximum atomic E-state index is 13.5. The van der Waals surface area contributed by atoms with Crippen LogP contribution in [0.25, 0.3) is 21.0 Å². The van der Waals surface area contributed by atoms with Crippen molar-refractivity contribution in [2.75, 3.05) is 17.7 Å².